The number of para-hydroxylation sites is 1. The second kappa shape index (κ2) is 6.22. The third-order valence-electron chi connectivity index (χ3n) is 3.97. The summed E-state index contributed by atoms with van der Waals surface area (Å²) in [5.41, 5.74) is 1.68. The standard InChI is InChI=1S/C18H18N2O3/c21-16(17(22)20-15-8-2-1-3-9-15)19-12-18(23)10-13-6-4-5-7-14(13)11-18/h1-9,23H,10-12H2,(H,19,21)(H,20,22). The summed E-state index contributed by atoms with van der Waals surface area (Å²) in [6.45, 7) is 0.0444. The van der Waals surface area contributed by atoms with Crippen molar-refractivity contribution in [2.75, 3.05) is 11.9 Å². The molecule has 0 aromatic heterocycles. The zero-order valence-electron chi connectivity index (χ0n) is 12.6. The molecule has 2 amide bonds. The van der Waals surface area contributed by atoms with Crippen molar-refractivity contribution in [3.8, 4) is 0 Å². The van der Waals surface area contributed by atoms with E-state index in [9.17, 15) is 14.7 Å². The average molecular weight is 310 g/mol. The quantitative estimate of drug-likeness (QED) is 0.747. The fourth-order valence-electron chi connectivity index (χ4n) is 2.83. The Kier molecular flexibility index (Phi) is 4.12. The van der Waals surface area contributed by atoms with Crippen LogP contribution in [0.3, 0.4) is 0 Å². The Morgan fingerprint density at radius 2 is 1.48 bits per heavy atom. The molecule has 0 saturated heterocycles. The van der Waals surface area contributed by atoms with E-state index in [0.717, 1.165) is 11.1 Å². The molecule has 0 spiro atoms. The first-order chi connectivity index (χ1) is 11.1. The smallest absolute Gasteiger partial charge is 0.313 e. The number of rotatable bonds is 3. The minimum Gasteiger partial charge on any atom is -0.387 e. The molecular formula is C18H18N2O3. The summed E-state index contributed by atoms with van der Waals surface area (Å²) >= 11 is 0. The normalized spacial score (nSPS) is 14.8. The van der Waals surface area contributed by atoms with Gasteiger partial charge < -0.3 is 15.7 Å². The van der Waals surface area contributed by atoms with Gasteiger partial charge >= 0.3 is 11.8 Å². The van der Waals surface area contributed by atoms with Gasteiger partial charge in [0.2, 0.25) is 0 Å². The van der Waals surface area contributed by atoms with Gasteiger partial charge in [-0.3, -0.25) is 9.59 Å². The molecule has 0 bridgehead atoms. The molecule has 0 unspecified atom stereocenters. The number of hydrogen-bond donors (Lipinski definition) is 3. The SMILES string of the molecule is O=C(NCC1(O)Cc2ccccc2C1)C(=O)Nc1ccccc1. The molecule has 0 saturated carbocycles. The zero-order valence-corrected chi connectivity index (χ0v) is 12.6. The van der Waals surface area contributed by atoms with Crippen LogP contribution < -0.4 is 10.6 Å². The summed E-state index contributed by atoms with van der Waals surface area (Å²) < 4.78 is 0. The highest BCUT2D eigenvalue weighted by Crippen LogP contribution is 2.29. The van der Waals surface area contributed by atoms with Crippen molar-refractivity contribution in [1.82, 2.24) is 5.32 Å². The highest BCUT2D eigenvalue weighted by molar-refractivity contribution is 6.39. The van der Waals surface area contributed by atoms with Crippen LogP contribution in [-0.2, 0) is 22.4 Å². The van der Waals surface area contributed by atoms with E-state index in [1.165, 1.54) is 0 Å². The van der Waals surface area contributed by atoms with E-state index in [1.54, 1.807) is 24.3 Å². The summed E-state index contributed by atoms with van der Waals surface area (Å²) in [5.74, 6) is -1.49. The Hall–Kier alpha value is -2.66. The molecule has 1 aliphatic carbocycles. The van der Waals surface area contributed by atoms with Gasteiger partial charge in [-0.1, -0.05) is 42.5 Å². The van der Waals surface area contributed by atoms with Crippen molar-refractivity contribution < 1.29 is 14.7 Å². The van der Waals surface area contributed by atoms with Crippen molar-refractivity contribution in [3.63, 3.8) is 0 Å². The lowest BCUT2D eigenvalue weighted by atomic mass is 10.0. The lowest BCUT2D eigenvalue weighted by Gasteiger charge is -2.22. The van der Waals surface area contributed by atoms with Gasteiger partial charge in [-0.15, -0.1) is 0 Å². The molecule has 0 atom stereocenters. The predicted octanol–water partition coefficient (Wildman–Crippen LogP) is 1.27. The molecule has 0 aliphatic heterocycles. The molecule has 2 aromatic rings. The minimum atomic E-state index is -1.04. The van der Waals surface area contributed by atoms with Gasteiger partial charge in [-0.2, -0.15) is 0 Å². The Morgan fingerprint density at radius 3 is 2.09 bits per heavy atom. The predicted molar refractivity (Wildman–Crippen MR) is 86.9 cm³/mol. The number of benzene rings is 2. The third-order valence-corrected chi connectivity index (χ3v) is 3.97. The van der Waals surface area contributed by atoms with Gasteiger partial charge in [0.25, 0.3) is 0 Å². The van der Waals surface area contributed by atoms with Crippen LogP contribution in [0.4, 0.5) is 5.69 Å². The van der Waals surface area contributed by atoms with Gasteiger partial charge in [0, 0.05) is 25.1 Å². The molecule has 23 heavy (non-hydrogen) atoms. The molecule has 0 fully saturated rings. The van der Waals surface area contributed by atoms with Crippen molar-refractivity contribution in [1.29, 1.82) is 0 Å². The van der Waals surface area contributed by atoms with E-state index in [1.807, 2.05) is 30.3 Å². The second-order valence-corrected chi connectivity index (χ2v) is 5.85. The zero-order chi connectivity index (χ0) is 16.3. The van der Waals surface area contributed by atoms with Crippen molar-refractivity contribution in [2.24, 2.45) is 0 Å². The number of amides is 2. The van der Waals surface area contributed by atoms with Gasteiger partial charge in [0.15, 0.2) is 0 Å². The summed E-state index contributed by atoms with van der Waals surface area (Å²) in [4.78, 5) is 23.7. The van der Waals surface area contributed by atoms with Crippen LogP contribution in [0.15, 0.2) is 54.6 Å². The van der Waals surface area contributed by atoms with Crippen LogP contribution in [0, 0.1) is 0 Å². The molecule has 3 rings (SSSR count). The number of carbonyl (C=O) groups is 2. The van der Waals surface area contributed by atoms with Crippen LogP contribution in [-0.4, -0.2) is 29.1 Å². The average Bonchev–Trinajstić information content (AvgIpc) is 2.90. The molecule has 118 valence electrons. The monoisotopic (exact) mass is 310 g/mol. The van der Waals surface area contributed by atoms with Crippen molar-refractivity contribution in [3.05, 3.63) is 65.7 Å². The summed E-state index contributed by atoms with van der Waals surface area (Å²) in [7, 11) is 0. The van der Waals surface area contributed by atoms with E-state index >= 15 is 0 Å². The van der Waals surface area contributed by atoms with E-state index in [4.69, 9.17) is 0 Å². The second-order valence-electron chi connectivity index (χ2n) is 5.85. The fourth-order valence-corrected chi connectivity index (χ4v) is 2.83. The van der Waals surface area contributed by atoms with Crippen LogP contribution >= 0.6 is 0 Å². The Balaban J connectivity index is 1.54. The first-order valence-corrected chi connectivity index (χ1v) is 7.49. The van der Waals surface area contributed by atoms with E-state index in [-0.39, 0.29) is 6.54 Å². The maximum Gasteiger partial charge on any atom is 0.313 e. The van der Waals surface area contributed by atoms with E-state index < -0.39 is 17.4 Å². The number of aliphatic hydroxyl groups is 1. The first-order valence-electron chi connectivity index (χ1n) is 7.49. The van der Waals surface area contributed by atoms with Crippen molar-refractivity contribution in [2.45, 2.75) is 18.4 Å². The molecular weight excluding hydrogens is 292 g/mol. The lowest BCUT2D eigenvalue weighted by molar-refractivity contribution is -0.136. The first kappa shape index (κ1) is 15.2. The highest BCUT2D eigenvalue weighted by Gasteiger charge is 2.35. The highest BCUT2D eigenvalue weighted by atomic mass is 16.3. The van der Waals surface area contributed by atoms with E-state index in [0.29, 0.717) is 18.5 Å². The maximum atomic E-state index is 11.9. The summed E-state index contributed by atoms with van der Waals surface area (Å²) in [6, 6.07) is 16.6. The number of nitrogens with one attached hydrogen (secondary N) is 2. The number of hydrogen-bond acceptors (Lipinski definition) is 3. The van der Waals surface area contributed by atoms with Crippen LogP contribution in [0.1, 0.15) is 11.1 Å². The molecule has 2 aromatic carbocycles. The number of carbonyl (C=O) groups excluding carboxylic acids is 2. The van der Waals surface area contributed by atoms with Crippen LogP contribution in [0.2, 0.25) is 0 Å². The molecule has 5 heteroatoms. The van der Waals surface area contributed by atoms with Gasteiger partial charge in [0.05, 0.1) is 5.60 Å². The third kappa shape index (κ3) is 3.57. The largest absolute Gasteiger partial charge is 0.387 e. The minimum absolute atomic E-state index is 0.0444. The summed E-state index contributed by atoms with van der Waals surface area (Å²) in [5, 5.41) is 15.6. The maximum absolute atomic E-state index is 11.9. The lowest BCUT2D eigenvalue weighted by Crippen LogP contribution is -2.46. The molecule has 0 heterocycles. The fraction of sp³-hybridized carbons (Fsp3) is 0.222. The van der Waals surface area contributed by atoms with Crippen LogP contribution in [0.25, 0.3) is 0 Å². The molecule has 0 radical (unpaired) electrons. The number of anilines is 1. The van der Waals surface area contributed by atoms with Crippen LogP contribution in [0.5, 0.6) is 0 Å². The Labute approximate surface area is 134 Å². The number of fused-ring (bicyclic) bond motifs is 1. The summed E-state index contributed by atoms with van der Waals surface area (Å²) in [6.07, 6.45) is 0.952. The Morgan fingerprint density at radius 1 is 0.913 bits per heavy atom. The van der Waals surface area contributed by atoms with Gasteiger partial charge in [0.1, 0.15) is 0 Å². The van der Waals surface area contributed by atoms with Gasteiger partial charge in [-0.25, -0.2) is 0 Å². The van der Waals surface area contributed by atoms with Gasteiger partial charge in [-0.05, 0) is 23.3 Å². The van der Waals surface area contributed by atoms with E-state index in [2.05, 4.69) is 10.6 Å². The topological polar surface area (TPSA) is 78.4 Å². The molecule has 1 aliphatic rings. The van der Waals surface area contributed by atoms with Crippen molar-refractivity contribution >= 4 is 17.5 Å². The Bertz CT molecular complexity index is 703. The molecule has 5 nitrogen and oxygen atoms in total. The molecule has 3 N–H and O–H groups in total.